The van der Waals surface area contributed by atoms with Gasteiger partial charge in [0.25, 0.3) is 0 Å². The number of halogens is 1. The normalized spacial score (nSPS) is 28.3. The molecule has 0 aliphatic heterocycles. The highest BCUT2D eigenvalue weighted by molar-refractivity contribution is 5.37. The number of aliphatic hydroxyl groups is 1. The summed E-state index contributed by atoms with van der Waals surface area (Å²) < 4.78 is 12.8. The van der Waals surface area contributed by atoms with E-state index in [1.54, 1.807) is 12.1 Å². The van der Waals surface area contributed by atoms with E-state index < -0.39 is 5.95 Å². The Hall–Kier alpha value is -1.16. The first-order chi connectivity index (χ1) is 7.00. The van der Waals surface area contributed by atoms with Crippen molar-refractivity contribution in [3.8, 4) is 0 Å². The minimum Gasteiger partial charge on any atom is -0.392 e. The molecule has 1 heterocycles. The zero-order chi connectivity index (χ0) is 11.1. The molecule has 0 spiro atoms. The van der Waals surface area contributed by atoms with Crippen LogP contribution in [0.2, 0.25) is 0 Å². The minimum absolute atomic E-state index is 0.154. The van der Waals surface area contributed by atoms with E-state index in [1.807, 2.05) is 13.8 Å². The summed E-state index contributed by atoms with van der Waals surface area (Å²) in [7, 11) is 0. The van der Waals surface area contributed by atoms with Gasteiger partial charge in [0.1, 0.15) is 5.82 Å². The Balaban J connectivity index is 2.05. The van der Waals surface area contributed by atoms with Crippen LogP contribution in [0.4, 0.5) is 10.2 Å². The molecule has 2 N–H and O–H groups in total. The molecule has 0 radical (unpaired) electrons. The molecule has 82 valence electrons. The minimum atomic E-state index is -0.488. The van der Waals surface area contributed by atoms with Crippen molar-refractivity contribution in [3.05, 3.63) is 24.1 Å². The summed E-state index contributed by atoms with van der Waals surface area (Å²) in [6.07, 6.45) is 0.397. The van der Waals surface area contributed by atoms with E-state index in [4.69, 9.17) is 0 Å². The molecule has 3 nitrogen and oxygen atoms in total. The number of hydrogen-bond acceptors (Lipinski definition) is 3. The van der Waals surface area contributed by atoms with Crippen LogP contribution in [0.3, 0.4) is 0 Å². The fourth-order valence-electron chi connectivity index (χ4n) is 1.81. The number of aromatic nitrogens is 1. The maximum Gasteiger partial charge on any atom is 0.214 e. The first kappa shape index (κ1) is 10.4. The molecule has 0 bridgehead atoms. The van der Waals surface area contributed by atoms with Crippen molar-refractivity contribution < 1.29 is 9.50 Å². The van der Waals surface area contributed by atoms with E-state index in [2.05, 4.69) is 10.3 Å². The Morgan fingerprint density at radius 1 is 1.53 bits per heavy atom. The summed E-state index contributed by atoms with van der Waals surface area (Å²) in [6, 6.07) is 4.81. The van der Waals surface area contributed by atoms with Crippen LogP contribution in [0.25, 0.3) is 0 Å². The van der Waals surface area contributed by atoms with Crippen molar-refractivity contribution in [2.45, 2.75) is 32.4 Å². The molecule has 2 atom stereocenters. The van der Waals surface area contributed by atoms with Gasteiger partial charge < -0.3 is 10.4 Å². The third-order valence-corrected chi connectivity index (χ3v) is 3.25. The average Bonchev–Trinajstić information content (AvgIpc) is 2.17. The molecule has 1 saturated carbocycles. The van der Waals surface area contributed by atoms with Crippen molar-refractivity contribution in [2.75, 3.05) is 5.32 Å². The van der Waals surface area contributed by atoms with Crippen LogP contribution in [0.5, 0.6) is 0 Å². The molecule has 0 aromatic carbocycles. The lowest BCUT2D eigenvalue weighted by atomic mass is 9.64. The third kappa shape index (κ3) is 1.81. The third-order valence-electron chi connectivity index (χ3n) is 3.25. The van der Waals surface area contributed by atoms with Gasteiger partial charge in [-0.2, -0.15) is 4.39 Å². The number of rotatable bonds is 2. The van der Waals surface area contributed by atoms with Gasteiger partial charge in [0.05, 0.1) is 6.10 Å². The predicted octanol–water partition coefficient (Wildman–Crippen LogP) is 1.79. The molecular weight excluding hydrogens is 195 g/mol. The highest BCUT2D eigenvalue weighted by Crippen LogP contribution is 2.41. The number of aliphatic hydroxyl groups excluding tert-OH is 1. The molecule has 15 heavy (non-hydrogen) atoms. The van der Waals surface area contributed by atoms with Crippen LogP contribution < -0.4 is 5.32 Å². The van der Waals surface area contributed by atoms with Crippen molar-refractivity contribution in [2.24, 2.45) is 5.41 Å². The quantitative estimate of drug-likeness (QED) is 0.731. The van der Waals surface area contributed by atoms with Crippen molar-refractivity contribution >= 4 is 5.82 Å². The number of nitrogens with one attached hydrogen (secondary N) is 1. The number of pyridine rings is 1. The number of anilines is 1. The van der Waals surface area contributed by atoms with Crippen LogP contribution in [0, 0.1) is 11.4 Å². The molecule has 0 amide bonds. The molecule has 1 aromatic heterocycles. The van der Waals surface area contributed by atoms with E-state index in [0.29, 0.717) is 12.2 Å². The SMILES string of the molecule is CC1(C)C(O)CC1Nc1cccc(F)n1. The Bertz CT molecular complexity index is 367. The van der Waals surface area contributed by atoms with Crippen molar-refractivity contribution in [1.82, 2.24) is 4.98 Å². The van der Waals surface area contributed by atoms with Gasteiger partial charge in [0, 0.05) is 11.5 Å². The number of hydrogen-bond donors (Lipinski definition) is 2. The van der Waals surface area contributed by atoms with Crippen LogP contribution in [0.15, 0.2) is 18.2 Å². The molecule has 1 aliphatic rings. The summed E-state index contributed by atoms with van der Waals surface area (Å²) in [5.41, 5.74) is -0.173. The van der Waals surface area contributed by atoms with Gasteiger partial charge in [0.2, 0.25) is 5.95 Å². The van der Waals surface area contributed by atoms with Gasteiger partial charge in [-0.25, -0.2) is 4.98 Å². The Kier molecular flexibility index (Phi) is 2.38. The lowest BCUT2D eigenvalue weighted by Gasteiger charge is -2.49. The second-order valence-corrected chi connectivity index (χ2v) is 4.62. The lowest BCUT2D eigenvalue weighted by molar-refractivity contribution is -0.0511. The standard InChI is InChI=1S/C11H15FN2O/c1-11(2)7(6-8(11)15)13-10-5-3-4-9(12)14-10/h3-5,7-8,15H,6H2,1-2H3,(H,13,14). The highest BCUT2D eigenvalue weighted by atomic mass is 19.1. The summed E-state index contributed by atoms with van der Waals surface area (Å²) in [4.78, 5) is 3.73. The maximum absolute atomic E-state index is 12.8. The zero-order valence-corrected chi connectivity index (χ0v) is 8.87. The summed E-state index contributed by atoms with van der Waals surface area (Å²) in [6.45, 7) is 3.97. The smallest absolute Gasteiger partial charge is 0.214 e. The maximum atomic E-state index is 12.8. The van der Waals surface area contributed by atoms with E-state index in [-0.39, 0.29) is 17.6 Å². The Labute approximate surface area is 88.3 Å². The van der Waals surface area contributed by atoms with E-state index >= 15 is 0 Å². The molecular formula is C11H15FN2O. The predicted molar refractivity (Wildman–Crippen MR) is 56.0 cm³/mol. The topological polar surface area (TPSA) is 45.1 Å². The number of nitrogens with zero attached hydrogens (tertiary/aromatic N) is 1. The molecule has 2 unspecified atom stereocenters. The summed E-state index contributed by atoms with van der Waals surface area (Å²) in [5, 5.41) is 12.7. The molecule has 4 heteroatoms. The first-order valence-corrected chi connectivity index (χ1v) is 5.07. The zero-order valence-electron chi connectivity index (χ0n) is 8.87. The Morgan fingerprint density at radius 2 is 2.27 bits per heavy atom. The second-order valence-electron chi connectivity index (χ2n) is 4.62. The highest BCUT2D eigenvalue weighted by Gasteiger charge is 2.47. The lowest BCUT2D eigenvalue weighted by Crippen LogP contribution is -2.57. The Morgan fingerprint density at radius 3 is 2.80 bits per heavy atom. The molecule has 1 aromatic rings. The molecule has 1 aliphatic carbocycles. The molecule has 0 saturated heterocycles. The van der Waals surface area contributed by atoms with Gasteiger partial charge in [0.15, 0.2) is 0 Å². The van der Waals surface area contributed by atoms with Crippen LogP contribution in [-0.4, -0.2) is 22.2 Å². The average molecular weight is 210 g/mol. The van der Waals surface area contributed by atoms with Gasteiger partial charge in [-0.15, -0.1) is 0 Å². The van der Waals surface area contributed by atoms with Gasteiger partial charge in [-0.3, -0.25) is 0 Å². The van der Waals surface area contributed by atoms with E-state index in [9.17, 15) is 9.50 Å². The molecule has 2 rings (SSSR count). The van der Waals surface area contributed by atoms with Gasteiger partial charge >= 0.3 is 0 Å². The van der Waals surface area contributed by atoms with Crippen LogP contribution in [0.1, 0.15) is 20.3 Å². The van der Waals surface area contributed by atoms with Crippen LogP contribution in [-0.2, 0) is 0 Å². The summed E-state index contributed by atoms with van der Waals surface area (Å²) >= 11 is 0. The first-order valence-electron chi connectivity index (χ1n) is 5.07. The largest absolute Gasteiger partial charge is 0.392 e. The van der Waals surface area contributed by atoms with Crippen molar-refractivity contribution in [3.63, 3.8) is 0 Å². The van der Waals surface area contributed by atoms with Gasteiger partial charge in [-0.1, -0.05) is 19.9 Å². The van der Waals surface area contributed by atoms with E-state index in [0.717, 1.165) is 0 Å². The van der Waals surface area contributed by atoms with E-state index in [1.165, 1.54) is 6.07 Å². The van der Waals surface area contributed by atoms with Gasteiger partial charge in [-0.05, 0) is 18.6 Å². The second kappa shape index (κ2) is 3.45. The fourth-order valence-corrected chi connectivity index (χ4v) is 1.81. The fraction of sp³-hybridized carbons (Fsp3) is 0.545. The van der Waals surface area contributed by atoms with Crippen molar-refractivity contribution in [1.29, 1.82) is 0 Å². The molecule has 1 fully saturated rings. The summed E-state index contributed by atoms with van der Waals surface area (Å²) in [5.74, 6) is 0.0395. The van der Waals surface area contributed by atoms with Crippen LogP contribution >= 0.6 is 0 Å². The monoisotopic (exact) mass is 210 g/mol.